The topological polar surface area (TPSA) is 66.4 Å². The molecule has 5 heteroatoms. The van der Waals surface area contributed by atoms with Crippen molar-refractivity contribution in [2.45, 2.75) is 56.5 Å². The van der Waals surface area contributed by atoms with Gasteiger partial charge in [-0.05, 0) is 25.7 Å². The lowest BCUT2D eigenvalue weighted by molar-refractivity contribution is 0.126. The van der Waals surface area contributed by atoms with Crippen LogP contribution in [0.15, 0.2) is 0 Å². The molecular weight excluding hydrogens is 238 g/mol. The van der Waals surface area contributed by atoms with Crippen LogP contribution in [0.1, 0.15) is 44.9 Å². The third kappa shape index (κ3) is 3.42. The predicted molar refractivity (Wildman–Crippen MR) is 67.7 cm³/mol. The van der Waals surface area contributed by atoms with Gasteiger partial charge >= 0.3 is 0 Å². The van der Waals surface area contributed by atoms with E-state index in [0.717, 1.165) is 12.8 Å². The first-order valence-corrected chi connectivity index (χ1v) is 8.46. The molecule has 0 unspecified atom stereocenters. The lowest BCUT2D eigenvalue weighted by Gasteiger charge is -2.40. The molecule has 1 aliphatic heterocycles. The van der Waals surface area contributed by atoms with E-state index >= 15 is 0 Å². The van der Waals surface area contributed by atoms with Crippen molar-refractivity contribution in [2.75, 3.05) is 18.1 Å². The van der Waals surface area contributed by atoms with Crippen molar-refractivity contribution in [2.24, 2.45) is 0 Å². The molecule has 0 atom stereocenters. The van der Waals surface area contributed by atoms with Gasteiger partial charge in [-0.25, -0.2) is 8.42 Å². The van der Waals surface area contributed by atoms with Gasteiger partial charge < -0.3 is 10.4 Å². The Kier molecular flexibility index (Phi) is 4.10. The SMILES string of the molecule is O=S1(=O)CCC(CO)(NC2CCCCC2)CC1. The van der Waals surface area contributed by atoms with Gasteiger partial charge in [0, 0.05) is 11.6 Å². The fourth-order valence-corrected chi connectivity index (χ4v) is 4.56. The molecule has 2 N–H and O–H groups in total. The van der Waals surface area contributed by atoms with Gasteiger partial charge in [-0.15, -0.1) is 0 Å². The molecule has 1 heterocycles. The Morgan fingerprint density at radius 1 is 1.12 bits per heavy atom. The van der Waals surface area contributed by atoms with Crippen LogP contribution < -0.4 is 5.32 Å². The maximum atomic E-state index is 11.4. The van der Waals surface area contributed by atoms with Gasteiger partial charge in [-0.3, -0.25) is 0 Å². The summed E-state index contributed by atoms with van der Waals surface area (Å²) in [7, 11) is -2.86. The minimum atomic E-state index is -2.86. The van der Waals surface area contributed by atoms with Crippen molar-refractivity contribution in [1.82, 2.24) is 5.32 Å². The summed E-state index contributed by atoms with van der Waals surface area (Å²) in [5.41, 5.74) is -0.340. The van der Waals surface area contributed by atoms with E-state index in [0.29, 0.717) is 18.9 Å². The molecule has 0 amide bonds. The van der Waals surface area contributed by atoms with E-state index < -0.39 is 9.84 Å². The zero-order valence-corrected chi connectivity index (χ0v) is 11.1. The highest BCUT2D eigenvalue weighted by atomic mass is 32.2. The second-order valence-corrected chi connectivity index (χ2v) is 7.87. The monoisotopic (exact) mass is 261 g/mol. The van der Waals surface area contributed by atoms with Crippen molar-refractivity contribution in [3.8, 4) is 0 Å². The Hall–Kier alpha value is -0.130. The van der Waals surface area contributed by atoms with Crippen molar-refractivity contribution < 1.29 is 13.5 Å². The summed E-state index contributed by atoms with van der Waals surface area (Å²) in [6, 6.07) is 0.469. The van der Waals surface area contributed by atoms with Gasteiger partial charge in [0.15, 0.2) is 0 Å². The molecule has 0 aromatic carbocycles. The zero-order valence-electron chi connectivity index (χ0n) is 10.3. The van der Waals surface area contributed by atoms with Crippen LogP contribution in [0, 0.1) is 0 Å². The van der Waals surface area contributed by atoms with E-state index in [9.17, 15) is 13.5 Å². The highest BCUT2D eigenvalue weighted by Crippen LogP contribution is 2.27. The van der Waals surface area contributed by atoms with Crippen LogP contribution in [0.2, 0.25) is 0 Å². The quantitative estimate of drug-likeness (QED) is 0.790. The number of hydrogen-bond donors (Lipinski definition) is 2. The van der Waals surface area contributed by atoms with E-state index in [2.05, 4.69) is 5.32 Å². The Morgan fingerprint density at radius 2 is 1.71 bits per heavy atom. The number of hydrogen-bond acceptors (Lipinski definition) is 4. The molecule has 0 spiro atoms. The zero-order chi connectivity index (χ0) is 12.4. The standard InChI is InChI=1S/C12H23NO3S/c14-10-12(6-8-17(15,16)9-7-12)13-11-4-2-1-3-5-11/h11,13-14H,1-10H2. The summed E-state index contributed by atoms with van der Waals surface area (Å²) >= 11 is 0. The molecule has 1 aliphatic carbocycles. The fraction of sp³-hybridized carbons (Fsp3) is 1.00. The molecule has 17 heavy (non-hydrogen) atoms. The second kappa shape index (κ2) is 5.24. The van der Waals surface area contributed by atoms with Crippen LogP contribution in [0.4, 0.5) is 0 Å². The highest BCUT2D eigenvalue weighted by molar-refractivity contribution is 7.91. The van der Waals surface area contributed by atoms with Crippen molar-refractivity contribution in [1.29, 1.82) is 0 Å². The van der Waals surface area contributed by atoms with E-state index in [1.807, 2.05) is 0 Å². The lowest BCUT2D eigenvalue weighted by Crippen LogP contribution is -2.57. The van der Waals surface area contributed by atoms with Crippen molar-refractivity contribution in [3.05, 3.63) is 0 Å². The molecule has 1 saturated carbocycles. The van der Waals surface area contributed by atoms with Gasteiger partial charge in [-0.2, -0.15) is 0 Å². The summed E-state index contributed by atoms with van der Waals surface area (Å²) in [4.78, 5) is 0. The Bertz CT molecular complexity index is 333. The molecule has 0 aromatic heterocycles. The first kappa shape index (κ1) is 13.3. The summed E-state index contributed by atoms with van der Waals surface area (Å²) in [5.74, 6) is 0.431. The van der Waals surface area contributed by atoms with Crippen LogP contribution >= 0.6 is 0 Å². The summed E-state index contributed by atoms with van der Waals surface area (Å²) in [6.07, 6.45) is 7.24. The van der Waals surface area contributed by atoms with Crippen molar-refractivity contribution in [3.63, 3.8) is 0 Å². The number of aliphatic hydroxyl groups excluding tert-OH is 1. The minimum Gasteiger partial charge on any atom is -0.394 e. The average molecular weight is 261 g/mol. The first-order chi connectivity index (χ1) is 8.05. The van der Waals surface area contributed by atoms with Crippen LogP contribution in [0.5, 0.6) is 0 Å². The molecule has 2 aliphatic rings. The molecule has 2 fully saturated rings. The molecule has 0 aromatic rings. The largest absolute Gasteiger partial charge is 0.394 e. The smallest absolute Gasteiger partial charge is 0.150 e. The second-order valence-electron chi connectivity index (χ2n) is 5.57. The first-order valence-electron chi connectivity index (χ1n) is 6.64. The van der Waals surface area contributed by atoms with Crippen LogP contribution in [-0.2, 0) is 9.84 Å². The summed E-state index contributed by atoms with van der Waals surface area (Å²) in [6.45, 7) is 0.0546. The summed E-state index contributed by atoms with van der Waals surface area (Å²) < 4.78 is 22.9. The molecule has 1 saturated heterocycles. The molecule has 4 nitrogen and oxygen atoms in total. The highest BCUT2D eigenvalue weighted by Gasteiger charge is 2.38. The van der Waals surface area contributed by atoms with Gasteiger partial charge in [0.05, 0.1) is 18.1 Å². The van der Waals surface area contributed by atoms with E-state index in [4.69, 9.17) is 0 Å². The molecule has 0 bridgehead atoms. The Labute approximate surface area is 104 Å². The molecule has 100 valence electrons. The predicted octanol–water partition coefficient (Wildman–Crippen LogP) is 0.848. The van der Waals surface area contributed by atoms with Crippen LogP contribution in [-0.4, -0.2) is 43.2 Å². The Balaban J connectivity index is 1.95. The third-order valence-electron chi connectivity index (χ3n) is 4.20. The van der Waals surface area contributed by atoms with E-state index in [1.54, 1.807) is 0 Å². The Morgan fingerprint density at radius 3 is 2.24 bits per heavy atom. The number of nitrogens with one attached hydrogen (secondary N) is 1. The van der Waals surface area contributed by atoms with Crippen LogP contribution in [0.25, 0.3) is 0 Å². The molecular formula is C12H23NO3S. The maximum Gasteiger partial charge on any atom is 0.150 e. The molecule has 2 rings (SSSR count). The normalized spacial score (nSPS) is 29.0. The fourth-order valence-electron chi connectivity index (χ4n) is 2.96. The van der Waals surface area contributed by atoms with Gasteiger partial charge in [0.25, 0.3) is 0 Å². The maximum absolute atomic E-state index is 11.4. The minimum absolute atomic E-state index is 0.0546. The van der Waals surface area contributed by atoms with Crippen molar-refractivity contribution >= 4 is 9.84 Å². The van der Waals surface area contributed by atoms with E-state index in [1.165, 1.54) is 19.3 Å². The third-order valence-corrected chi connectivity index (χ3v) is 5.85. The van der Waals surface area contributed by atoms with Gasteiger partial charge in [-0.1, -0.05) is 19.3 Å². The lowest BCUT2D eigenvalue weighted by atomic mass is 9.88. The van der Waals surface area contributed by atoms with E-state index in [-0.39, 0.29) is 23.7 Å². The number of rotatable bonds is 3. The molecule has 0 radical (unpaired) electrons. The number of aliphatic hydroxyl groups is 1. The summed E-state index contributed by atoms with van der Waals surface area (Å²) in [5, 5.41) is 13.1. The average Bonchev–Trinajstić information content (AvgIpc) is 2.34. The number of sulfone groups is 1. The van der Waals surface area contributed by atoms with Gasteiger partial charge in [0.2, 0.25) is 0 Å². The van der Waals surface area contributed by atoms with Crippen LogP contribution in [0.3, 0.4) is 0 Å². The van der Waals surface area contributed by atoms with Gasteiger partial charge in [0.1, 0.15) is 9.84 Å².